The van der Waals surface area contributed by atoms with E-state index in [0.29, 0.717) is 34.0 Å². The highest BCUT2D eigenvalue weighted by Crippen LogP contribution is 2.23. The van der Waals surface area contributed by atoms with Gasteiger partial charge in [-0.2, -0.15) is 0 Å². The lowest BCUT2D eigenvalue weighted by Gasteiger charge is -2.12. The molecule has 0 bridgehead atoms. The molecule has 4 rings (SSSR count). The van der Waals surface area contributed by atoms with Gasteiger partial charge in [0.05, 0.1) is 11.8 Å². The minimum atomic E-state index is -4.76. The van der Waals surface area contributed by atoms with Crippen molar-refractivity contribution < 1.29 is 17.9 Å². The van der Waals surface area contributed by atoms with Gasteiger partial charge in [0.15, 0.2) is 5.52 Å². The second-order valence-electron chi connectivity index (χ2n) is 6.58. The normalized spacial score (nSPS) is 11.7. The Kier molecular flexibility index (Phi) is 4.94. The van der Waals surface area contributed by atoms with Crippen LogP contribution in [0.2, 0.25) is 0 Å². The largest absolute Gasteiger partial charge is 0.573 e. The maximum atomic E-state index is 13.0. The Bertz CT molecular complexity index is 1220. The highest BCUT2D eigenvalue weighted by Gasteiger charge is 2.31. The van der Waals surface area contributed by atoms with Crippen LogP contribution in [0.25, 0.3) is 16.7 Å². The molecule has 9 heteroatoms. The third-order valence-electron chi connectivity index (χ3n) is 4.50. The third-order valence-corrected chi connectivity index (χ3v) is 5.23. The highest BCUT2D eigenvalue weighted by atomic mass is 27.0. The topological polar surface area (TPSA) is 49.0 Å². The Labute approximate surface area is 171 Å². The molecule has 0 N–H and O–H groups in total. The van der Waals surface area contributed by atoms with Crippen molar-refractivity contribution in [2.45, 2.75) is 12.9 Å². The van der Waals surface area contributed by atoms with Crippen molar-refractivity contribution in [3.05, 3.63) is 83.0 Å². The summed E-state index contributed by atoms with van der Waals surface area (Å²) in [6.07, 6.45) is -1.39. The maximum Gasteiger partial charge on any atom is 0.573 e. The average molecular weight is 413 g/mol. The monoisotopic (exact) mass is 413 g/mol. The molecule has 4 aromatic rings. The van der Waals surface area contributed by atoms with Crippen LogP contribution >= 0.6 is 0 Å². The zero-order chi connectivity index (χ0) is 20.6. The van der Waals surface area contributed by atoms with Gasteiger partial charge >= 0.3 is 6.36 Å². The molecule has 2 heterocycles. The Hall–Kier alpha value is -3.02. The van der Waals surface area contributed by atoms with Crippen LogP contribution in [0.15, 0.2) is 71.9 Å². The molecule has 0 saturated heterocycles. The zero-order valence-corrected chi connectivity index (χ0v) is 17.3. The quantitative estimate of drug-likeness (QED) is 0.483. The van der Waals surface area contributed by atoms with Crippen LogP contribution in [0.1, 0.15) is 5.56 Å². The molecule has 2 aromatic carbocycles. The summed E-state index contributed by atoms with van der Waals surface area (Å²) in [5.41, 5.74) is 2.34. The van der Waals surface area contributed by atoms with Crippen molar-refractivity contribution in [3.63, 3.8) is 0 Å². The molecule has 2 aromatic heterocycles. The predicted molar refractivity (Wildman–Crippen MR) is 106 cm³/mol. The number of alkyl halides is 3. The average Bonchev–Trinajstić information content (AvgIpc) is 3.09. The highest BCUT2D eigenvalue weighted by molar-refractivity contribution is 6.37. The van der Waals surface area contributed by atoms with Crippen molar-refractivity contribution in [2.24, 2.45) is 0 Å². The minimum Gasteiger partial charge on any atom is -0.406 e. The summed E-state index contributed by atoms with van der Waals surface area (Å²) in [4.78, 5) is 17.3. The number of fused-ring (bicyclic) bond motifs is 1. The van der Waals surface area contributed by atoms with Gasteiger partial charge in [0, 0.05) is 18.4 Å². The lowest BCUT2D eigenvalue weighted by Crippen LogP contribution is -2.25. The molecule has 0 aliphatic rings. The molecule has 146 valence electrons. The van der Waals surface area contributed by atoms with Gasteiger partial charge in [-0.15, -0.1) is 13.2 Å². The number of aromatic nitrogens is 3. The van der Waals surface area contributed by atoms with E-state index in [-0.39, 0.29) is 11.3 Å². The lowest BCUT2D eigenvalue weighted by atomic mass is 10.2. The van der Waals surface area contributed by atoms with Gasteiger partial charge in [0.25, 0.3) is 21.8 Å². The fourth-order valence-corrected chi connectivity index (χ4v) is 4.06. The van der Waals surface area contributed by atoms with Crippen molar-refractivity contribution in [2.75, 3.05) is 0 Å². The molecule has 0 radical (unpaired) electrons. The van der Waals surface area contributed by atoms with Gasteiger partial charge in [0.1, 0.15) is 5.75 Å². The molecule has 0 fully saturated rings. The van der Waals surface area contributed by atoms with Crippen LogP contribution in [0.3, 0.4) is 0 Å². The number of imidazole rings is 1. The zero-order valence-electron chi connectivity index (χ0n) is 15.3. The van der Waals surface area contributed by atoms with Crippen LogP contribution in [0.4, 0.5) is 13.2 Å². The summed E-state index contributed by atoms with van der Waals surface area (Å²) in [5, 5.41) is 0. The van der Waals surface area contributed by atoms with Crippen molar-refractivity contribution in [1.29, 1.82) is 0 Å². The first-order valence-corrected chi connectivity index (χ1v) is 9.79. The molecule has 29 heavy (non-hydrogen) atoms. The van der Waals surface area contributed by atoms with Crippen molar-refractivity contribution in [1.82, 2.24) is 14.1 Å². The third kappa shape index (κ3) is 4.06. The van der Waals surface area contributed by atoms with Gasteiger partial charge in [-0.1, -0.05) is 34.8 Å². The summed E-state index contributed by atoms with van der Waals surface area (Å²) in [6.45, 7) is 0.597. The molecule has 0 amide bonds. The number of rotatable bonds is 4. The van der Waals surface area contributed by atoms with E-state index in [0.717, 1.165) is 15.5 Å². The molecule has 0 aliphatic heterocycles. The van der Waals surface area contributed by atoms with E-state index >= 15 is 0 Å². The standard InChI is InChI=1S/C20H13F3N3O2.Al.2H/c21-20(22,23)28-16-8-6-15(7-9-16)26-11-10-17-18(19(26)27)24-13-25(17)12-14-4-2-1-3-5-14;;;/h1-9,11,13H,12H2;;;. The van der Waals surface area contributed by atoms with Crippen LogP contribution in [-0.2, 0) is 6.54 Å². The molecule has 0 saturated carbocycles. The Morgan fingerprint density at radius 1 is 1.03 bits per heavy atom. The van der Waals surface area contributed by atoms with Gasteiger partial charge < -0.3 is 9.30 Å². The van der Waals surface area contributed by atoms with Gasteiger partial charge in [-0.05, 0) is 29.8 Å². The predicted octanol–water partition coefficient (Wildman–Crippen LogP) is 2.39. The van der Waals surface area contributed by atoms with Crippen molar-refractivity contribution in [3.8, 4) is 11.4 Å². The lowest BCUT2D eigenvalue weighted by molar-refractivity contribution is -0.274. The minimum absolute atomic E-state index is 0.323. The summed E-state index contributed by atoms with van der Waals surface area (Å²) in [6, 6.07) is 15.0. The number of halogens is 3. The summed E-state index contributed by atoms with van der Waals surface area (Å²) < 4.78 is 45.2. The smallest absolute Gasteiger partial charge is 0.406 e. The van der Waals surface area contributed by atoms with E-state index < -0.39 is 6.36 Å². The second kappa shape index (κ2) is 7.43. The number of hydrogen-bond donors (Lipinski definition) is 0. The van der Waals surface area contributed by atoms with Crippen molar-refractivity contribution >= 4 is 31.7 Å². The Balaban J connectivity index is 1.72. The van der Waals surface area contributed by atoms with E-state index in [4.69, 9.17) is 0 Å². The van der Waals surface area contributed by atoms with Gasteiger partial charge in [-0.3, -0.25) is 9.36 Å². The summed E-state index contributed by atoms with van der Waals surface area (Å²) >= 11 is 0.664. The molecule has 0 atom stereocenters. The van der Waals surface area contributed by atoms with Crippen LogP contribution in [0.5, 0.6) is 5.75 Å². The summed E-state index contributed by atoms with van der Waals surface area (Å²) in [7, 11) is 0. The number of benzene rings is 2. The maximum absolute atomic E-state index is 13.0. The van der Waals surface area contributed by atoms with E-state index in [9.17, 15) is 18.0 Å². The molecular formula is C20H15AlF3N3O2. The van der Waals surface area contributed by atoms with E-state index in [2.05, 4.69) is 9.72 Å². The molecule has 0 unspecified atom stereocenters. The van der Waals surface area contributed by atoms with Gasteiger partial charge in [0.2, 0.25) is 0 Å². The Morgan fingerprint density at radius 3 is 2.38 bits per heavy atom. The fourth-order valence-electron chi connectivity index (χ4n) is 3.28. The number of hydrogen-bond acceptors (Lipinski definition) is 3. The molecule has 5 nitrogen and oxygen atoms in total. The summed E-state index contributed by atoms with van der Waals surface area (Å²) in [5.74, 6) is -0.339. The number of pyridine rings is 1. The first kappa shape index (κ1) is 19.3. The first-order chi connectivity index (χ1) is 13.8. The van der Waals surface area contributed by atoms with Gasteiger partial charge in [-0.25, -0.2) is 4.98 Å². The molecule has 0 spiro atoms. The van der Waals surface area contributed by atoms with E-state index in [1.54, 1.807) is 12.5 Å². The molecular weight excluding hydrogens is 398 g/mol. The number of ether oxygens (including phenoxy) is 1. The van der Waals surface area contributed by atoms with E-state index in [1.807, 2.05) is 34.9 Å². The van der Waals surface area contributed by atoms with Crippen LogP contribution in [-0.4, -0.2) is 36.8 Å². The number of nitrogens with zero attached hydrogens (tertiary/aromatic N) is 3. The first-order valence-electron chi connectivity index (χ1n) is 8.79. The van der Waals surface area contributed by atoms with E-state index in [1.165, 1.54) is 28.8 Å². The molecule has 0 aliphatic carbocycles. The second-order valence-corrected chi connectivity index (χ2v) is 7.66. The van der Waals surface area contributed by atoms with Crippen LogP contribution in [0, 0.1) is 0 Å². The van der Waals surface area contributed by atoms with Crippen LogP contribution < -0.4 is 14.7 Å². The SMILES string of the molecule is O=c1c2ncn(Cc3ccccc3)c2[c]([AlH2])cn1-c1ccc(OC(F)(F)F)cc1. The Morgan fingerprint density at radius 2 is 1.72 bits per heavy atom. The fraction of sp³-hybridized carbons (Fsp3) is 0.100.